The van der Waals surface area contributed by atoms with Gasteiger partial charge < -0.3 is 19.7 Å². The Morgan fingerprint density at radius 3 is 2.45 bits per heavy atom. The number of ether oxygens (including phenoxy) is 2. The monoisotopic (exact) mass is 450 g/mol. The molecule has 1 N–H and O–H groups in total. The Hall–Kier alpha value is -3.02. The van der Waals surface area contributed by atoms with Gasteiger partial charge in [-0.25, -0.2) is 0 Å². The highest BCUT2D eigenvalue weighted by molar-refractivity contribution is 5.88. The molecule has 0 unspecified atom stereocenters. The first-order valence-corrected chi connectivity index (χ1v) is 12.1. The molecule has 1 fully saturated rings. The van der Waals surface area contributed by atoms with E-state index in [9.17, 15) is 9.59 Å². The molecule has 33 heavy (non-hydrogen) atoms. The van der Waals surface area contributed by atoms with E-state index in [1.54, 1.807) is 4.90 Å². The summed E-state index contributed by atoms with van der Waals surface area (Å²) in [6.07, 6.45) is 5.86. The van der Waals surface area contributed by atoms with Gasteiger partial charge >= 0.3 is 0 Å². The number of nitrogens with one attached hydrogen (secondary N) is 1. The number of benzene rings is 2. The van der Waals surface area contributed by atoms with Crippen molar-refractivity contribution in [3.63, 3.8) is 0 Å². The normalized spacial score (nSPS) is 15.9. The number of amides is 2. The van der Waals surface area contributed by atoms with E-state index in [0.717, 1.165) is 48.3 Å². The first kappa shape index (κ1) is 23.1. The third kappa shape index (κ3) is 5.86. The Bertz CT molecular complexity index is 967. The van der Waals surface area contributed by atoms with Crippen LogP contribution < -0.4 is 14.8 Å². The van der Waals surface area contributed by atoms with Crippen molar-refractivity contribution in [3.05, 3.63) is 59.2 Å². The van der Waals surface area contributed by atoms with E-state index in [2.05, 4.69) is 5.32 Å². The van der Waals surface area contributed by atoms with E-state index >= 15 is 0 Å². The van der Waals surface area contributed by atoms with Crippen molar-refractivity contribution in [1.29, 1.82) is 0 Å². The Labute approximate surface area is 196 Å². The summed E-state index contributed by atoms with van der Waals surface area (Å²) >= 11 is 0. The fraction of sp³-hybridized carbons (Fsp3) is 0.481. The molecule has 176 valence electrons. The van der Waals surface area contributed by atoms with Crippen LogP contribution in [0.3, 0.4) is 0 Å². The van der Waals surface area contributed by atoms with E-state index in [4.69, 9.17) is 9.47 Å². The molecular formula is C27H34N2O4. The van der Waals surface area contributed by atoms with E-state index < -0.39 is 6.04 Å². The zero-order chi connectivity index (χ0) is 23.2. The van der Waals surface area contributed by atoms with Crippen LogP contribution in [0.25, 0.3) is 0 Å². The summed E-state index contributed by atoms with van der Waals surface area (Å²) in [4.78, 5) is 28.4. The van der Waals surface area contributed by atoms with Crippen molar-refractivity contribution in [3.8, 4) is 11.5 Å². The fourth-order valence-electron chi connectivity index (χ4n) is 4.67. The van der Waals surface area contributed by atoms with Gasteiger partial charge in [0.25, 0.3) is 0 Å². The highest BCUT2D eigenvalue weighted by atomic mass is 16.7. The summed E-state index contributed by atoms with van der Waals surface area (Å²) in [5.41, 5.74) is 3.22. The van der Waals surface area contributed by atoms with Crippen LogP contribution >= 0.6 is 0 Å². The number of rotatable bonds is 9. The number of nitrogens with zero attached hydrogens (tertiary/aromatic N) is 1. The summed E-state index contributed by atoms with van der Waals surface area (Å²) in [5, 5.41) is 3.20. The van der Waals surface area contributed by atoms with Gasteiger partial charge in [-0.1, -0.05) is 55.7 Å². The van der Waals surface area contributed by atoms with Crippen molar-refractivity contribution >= 4 is 11.8 Å². The molecule has 1 aliphatic heterocycles. The van der Waals surface area contributed by atoms with Gasteiger partial charge in [0.15, 0.2) is 11.5 Å². The quantitative estimate of drug-likeness (QED) is 0.610. The molecule has 1 atom stereocenters. The molecule has 0 saturated heterocycles. The van der Waals surface area contributed by atoms with Gasteiger partial charge in [0, 0.05) is 19.0 Å². The molecule has 0 aromatic heterocycles. The lowest BCUT2D eigenvalue weighted by atomic mass is 10.0. The van der Waals surface area contributed by atoms with E-state index in [1.807, 2.05) is 56.3 Å². The lowest BCUT2D eigenvalue weighted by molar-refractivity contribution is -0.141. The molecule has 0 radical (unpaired) electrons. The van der Waals surface area contributed by atoms with Crippen LogP contribution in [0.4, 0.5) is 0 Å². The van der Waals surface area contributed by atoms with Crippen molar-refractivity contribution in [2.24, 2.45) is 0 Å². The molecule has 2 aromatic rings. The molecule has 2 amide bonds. The number of carbonyl (C=O) groups is 2. The number of carbonyl (C=O) groups excluding carboxylic acids is 2. The number of fused-ring (bicyclic) bond motifs is 1. The van der Waals surface area contributed by atoms with E-state index in [1.165, 1.54) is 5.56 Å². The SMILES string of the molecule is CC[C@H](C(=O)NC1CCCC1)N(Cc1ccc(C)cc1)C(=O)CCc1ccc2c(c1)OCO2. The average molecular weight is 451 g/mol. The molecule has 1 saturated carbocycles. The molecular weight excluding hydrogens is 416 g/mol. The van der Waals surface area contributed by atoms with Crippen LogP contribution in [0.5, 0.6) is 11.5 Å². The zero-order valence-corrected chi connectivity index (χ0v) is 19.6. The largest absolute Gasteiger partial charge is 0.454 e. The molecule has 2 aromatic carbocycles. The van der Waals surface area contributed by atoms with Crippen molar-refractivity contribution < 1.29 is 19.1 Å². The third-order valence-electron chi connectivity index (χ3n) is 6.63. The summed E-state index contributed by atoms with van der Waals surface area (Å²) in [5.74, 6) is 1.41. The van der Waals surface area contributed by atoms with E-state index in [0.29, 0.717) is 25.8 Å². The highest BCUT2D eigenvalue weighted by Crippen LogP contribution is 2.33. The minimum atomic E-state index is -0.476. The minimum Gasteiger partial charge on any atom is -0.454 e. The van der Waals surface area contributed by atoms with Crippen LogP contribution in [0.2, 0.25) is 0 Å². The van der Waals surface area contributed by atoms with E-state index in [-0.39, 0.29) is 24.6 Å². The van der Waals surface area contributed by atoms with Crippen LogP contribution in [0.1, 0.15) is 62.1 Å². The van der Waals surface area contributed by atoms with Crippen molar-refractivity contribution in [2.45, 2.75) is 77.4 Å². The number of aryl methyl sites for hydroxylation is 2. The first-order valence-electron chi connectivity index (χ1n) is 12.1. The molecule has 6 nitrogen and oxygen atoms in total. The second kappa shape index (κ2) is 10.7. The van der Waals surface area contributed by atoms with Crippen LogP contribution in [0.15, 0.2) is 42.5 Å². The summed E-state index contributed by atoms with van der Waals surface area (Å²) < 4.78 is 10.8. The highest BCUT2D eigenvalue weighted by Gasteiger charge is 2.30. The van der Waals surface area contributed by atoms with Gasteiger partial charge in [-0.05, 0) is 55.9 Å². The van der Waals surface area contributed by atoms with Gasteiger partial charge in [-0.15, -0.1) is 0 Å². The first-order chi connectivity index (χ1) is 16.0. The Morgan fingerprint density at radius 2 is 1.73 bits per heavy atom. The third-order valence-corrected chi connectivity index (χ3v) is 6.63. The number of hydrogen-bond donors (Lipinski definition) is 1. The second-order valence-electron chi connectivity index (χ2n) is 9.11. The molecule has 0 bridgehead atoms. The van der Waals surface area contributed by atoms with Gasteiger partial charge in [-0.3, -0.25) is 9.59 Å². The topological polar surface area (TPSA) is 67.9 Å². The number of hydrogen-bond acceptors (Lipinski definition) is 4. The maximum absolute atomic E-state index is 13.5. The van der Waals surface area contributed by atoms with Crippen molar-refractivity contribution in [2.75, 3.05) is 6.79 Å². The fourth-order valence-corrected chi connectivity index (χ4v) is 4.67. The lowest BCUT2D eigenvalue weighted by Gasteiger charge is -2.31. The summed E-state index contributed by atoms with van der Waals surface area (Å²) in [6.45, 7) is 4.68. The predicted molar refractivity (Wildman–Crippen MR) is 127 cm³/mol. The van der Waals surface area contributed by atoms with Crippen LogP contribution in [0, 0.1) is 6.92 Å². The van der Waals surface area contributed by atoms with Gasteiger partial charge in [-0.2, -0.15) is 0 Å². The van der Waals surface area contributed by atoms with Gasteiger partial charge in [0.1, 0.15) is 6.04 Å². The Kier molecular flexibility index (Phi) is 7.53. The smallest absolute Gasteiger partial charge is 0.243 e. The second-order valence-corrected chi connectivity index (χ2v) is 9.11. The lowest BCUT2D eigenvalue weighted by Crippen LogP contribution is -2.51. The summed E-state index contributed by atoms with van der Waals surface area (Å²) in [6, 6.07) is 13.7. The molecule has 0 spiro atoms. The zero-order valence-electron chi connectivity index (χ0n) is 19.6. The average Bonchev–Trinajstić information content (AvgIpc) is 3.50. The maximum atomic E-state index is 13.5. The van der Waals surface area contributed by atoms with Crippen molar-refractivity contribution in [1.82, 2.24) is 10.2 Å². The standard InChI is InChI=1S/C27H34N2O4/c1-3-23(27(31)28-22-6-4-5-7-22)29(17-21-10-8-19(2)9-11-21)26(30)15-13-20-12-14-24-25(16-20)33-18-32-24/h8-12,14,16,22-23H,3-7,13,15,17-18H2,1-2H3,(H,28,31)/t23-/m1/s1. The van der Waals surface area contributed by atoms with Crippen LogP contribution in [-0.4, -0.2) is 35.6 Å². The Morgan fingerprint density at radius 1 is 1.03 bits per heavy atom. The molecule has 6 heteroatoms. The molecule has 2 aliphatic rings. The van der Waals surface area contributed by atoms with Gasteiger partial charge in [0.05, 0.1) is 0 Å². The maximum Gasteiger partial charge on any atom is 0.243 e. The van der Waals surface area contributed by atoms with Gasteiger partial charge in [0.2, 0.25) is 18.6 Å². The summed E-state index contributed by atoms with van der Waals surface area (Å²) in [7, 11) is 0. The molecule has 4 rings (SSSR count). The molecule has 1 heterocycles. The molecule has 1 aliphatic carbocycles. The Balaban J connectivity index is 1.48. The van der Waals surface area contributed by atoms with Crippen LogP contribution in [-0.2, 0) is 22.6 Å². The minimum absolute atomic E-state index is 0.0123. The predicted octanol–water partition coefficient (Wildman–Crippen LogP) is 4.52.